The van der Waals surface area contributed by atoms with Gasteiger partial charge >= 0.3 is 0 Å². The van der Waals surface area contributed by atoms with Gasteiger partial charge in [0, 0.05) is 5.56 Å². The van der Waals surface area contributed by atoms with Gasteiger partial charge in [-0.15, -0.1) is 0 Å². The SMILES string of the molecule is COc1cc(C=NNC(=O)C(NC(=O)c2ccc(C)cc2)C(C)C)cc(I)c1OCc1ccccc1. The summed E-state index contributed by atoms with van der Waals surface area (Å²) in [6, 6.07) is 20.0. The van der Waals surface area contributed by atoms with Crippen LogP contribution in [-0.4, -0.2) is 31.2 Å². The van der Waals surface area contributed by atoms with Crippen molar-refractivity contribution in [2.45, 2.75) is 33.4 Å². The second-order valence-corrected chi connectivity index (χ2v) is 9.77. The first-order chi connectivity index (χ1) is 17.3. The van der Waals surface area contributed by atoms with Gasteiger partial charge in [0.1, 0.15) is 12.6 Å². The summed E-state index contributed by atoms with van der Waals surface area (Å²) >= 11 is 2.18. The Balaban J connectivity index is 1.65. The molecule has 0 spiro atoms. The van der Waals surface area contributed by atoms with Gasteiger partial charge in [-0.3, -0.25) is 9.59 Å². The Hall–Kier alpha value is -3.40. The molecule has 0 radical (unpaired) electrons. The van der Waals surface area contributed by atoms with E-state index in [4.69, 9.17) is 9.47 Å². The van der Waals surface area contributed by atoms with E-state index in [1.807, 2.05) is 69.3 Å². The van der Waals surface area contributed by atoms with E-state index in [9.17, 15) is 9.59 Å². The lowest BCUT2D eigenvalue weighted by molar-refractivity contribution is -0.123. The first-order valence-electron chi connectivity index (χ1n) is 11.5. The highest BCUT2D eigenvalue weighted by molar-refractivity contribution is 14.1. The number of carbonyl (C=O) groups excluding carboxylic acids is 2. The molecule has 2 N–H and O–H groups in total. The van der Waals surface area contributed by atoms with Gasteiger partial charge in [0.05, 0.1) is 16.9 Å². The molecule has 188 valence electrons. The number of hydrogen-bond acceptors (Lipinski definition) is 5. The lowest BCUT2D eigenvalue weighted by atomic mass is 10.0. The Morgan fingerprint density at radius 2 is 1.75 bits per heavy atom. The zero-order chi connectivity index (χ0) is 26.1. The zero-order valence-corrected chi connectivity index (χ0v) is 22.9. The van der Waals surface area contributed by atoms with Crippen molar-refractivity contribution in [3.8, 4) is 11.5 Å². The van der Waals surface area contributed by atoms with Crippen LogP contribution >= 0.6 is 22.6 Å². The van der Waals surface area contributed by atoms with Crippen LogP contribution in [0.2, 0.25) is 0 Å². The molecule has 7 nitrogen and oxygen atoms in total. The van der Waals surface area contributed by atoms with Crippen molar-refractivity contribution in [2.24, 2.45) is 11.0 Å². The van der Waals surface area contributed by atoms with E-state index in [1.165, 1.54) is 6.21 Å². The third-order valence-electron chi connectivity index (χ3n) is 5.42. The van der Waals surface area contributed by atoms with E-state index in [2.05, 4.69) is 38.4 Å². The summed E-state index contributed by atoms with van der Waals surface area (Å²) in [7, 11) is 1.58. The molecule has 0 fully saturated rings. The first-order valence-corrected chi connectivity index (χ1v) is 12.6. The average molecular weight is 599 g/mol. The van der Waals surface area contributed by atoms with E-state index in [-0.39, 0.29) is 11.8 Å². The molecule has 0 saturated heterocycles. The number of halogens is 1. The van der Waals surface area contributed by atoms with Crippen LogP contribution in [-0.2, 0) is 11.4 Å². The normalized spacial score (nSPS) is 11.8. The lowest BCUT2D eigenvalue weighted by Crippen LogP contribution is -2.48. The molecule has 0 aliphatic carbocycles. The molecule has 1 atom stereocenters. The molecule has 0 aromatic heterocycles. The van der Waals surface area contributed by atoms with Gasteiger partial charge in [0.25, 0.3) is 11.8 Å². The number of aryl methyl sites for hydroxylation is 1. The van der Waals surface area contributed by atoms with E-state index in [0.29, 0.717) is 23.7 Å². The minimum atomic E-state index is -0.737. The molecule has 3 rings (SSSR count). The smallest absolute Gasteiger partial charge is 0.262 e. The Kier molecular flexibility index (Phi) is 9.86. The summed E-state index contributed by atoms with van der Waals surface area (Å²) in [5.74, 6) is 0.374. The molecule has 1 unspecified atom stereocenters. The minimum absolute atomic E-state index is 0.128. The molecule has 0 aliphatic heterocycles. The minimum Gasteiger partial charge on any atom is -0.493 e. The van der Waals surface area contributed by atoms with Gasteiger partial charge in [0.2, 0.25) is 0 Å². The van der Waals surface area contributed by atoms with Crippen LogP contribution in [0.25, 0.3) is 0 Å². The Morgan fingerprint density at radius 3 is 2.39 bits per heavy atom. The summed E-state index contributed by atoms with van der Waals surface area (Å²) in [5, 5.41) is 6.90. The largest absolute Gasteiger partial charge is 0.493 e. The van der Waals surface area contributed by atoms with Crippen LogP contribution in [0.15, 0.2) is 71.8 Å². The fraction of sp³-hybridized carbons (Fsp3) is 0.250. The number of carbonyl (C=O) groups is 2. The second-order valence-electron chi connectivity index (χ2n) is 8.60. The predicted molar refractivity (Wildman–Crippen MR) is 149 cm³/mol. The number of rotatable bonds is 10. The fourth-order valence-electron chi connectivity index (χ4n) is 3.39. The summed E-state index contributed by atoms with van der Waals surface area (Å²) in [6.07, 6.45) is 1.53. The second kappa shape index (κ2) is 13.1. The highest BCUT2D eigenvalue weighted by atomic mass is 127. The van der Waals surface area contributed by atoms with Gasteiger partial charge in [-0.25, -0.2) is 5.43 Å². The highest BCUT2D eigenvalue weighted by Gasteiger charge is 2.24. The molecule has 0 saturated carbocycles. The van der Waals surface area contributed by atoms with Crippen molar-refractivity contribution in [2.75, 3.05) is 7.11 Å². The van der Waals surface area contributed by atoms with Crippen molar-refractivity contribution in [3.63, 3.8) is 0 Å². The lowest BCUT2D eigenvalue weighted by Gasteiger charge is -2.20. The Morgan fingerprint density at radius 1 is 1.06 bits per heavy atom. The maximum absolute atomic E-state index is 12.8. The molecule has 3 aromatic carbocycles. The monoisotopic (exact) mass is 599 g/mol. The van der Waals surface area contributed by atoms with E-state index in [0.717, 1.165) is 20.3 Å². The Labute approximate surface area is 225 Å². The highest BCUT2D eigenvalue weighted by Crippen LogP contribution is 2.34. The fourth-order valence-corrected chi connectivity index (χ4v) is 4.17. The summed E-state index contributed by atoms with van der Waals surface area (Å²) in [5.41, 5.74) is 5.88. The van der Waals surface area contributed by atoms with Crippen LogP contribution in [0.3, 0.4) is 0 Å². The molecule has 0 heterocycles. The van der Waals surface area contributed by atoms with Crippen LogP contribution in [0.4, 0.5) is 0 Å². The van der Waals surface area contributed by atoms with E-state index in [1.54, 1.807) is 25.3 Å². The van der Waals surface area contributed by atoms with Gasteiger partial charge in [-0.1, -0.05) is 61.9 Å². The Bertz CT molecular complexity index is 1210. The van der Waals surface area contributed by atoms with Crippen molar-refractivity contribution in [1.82, 2.24) is 10.7 Å². The predicted octanol–water partition coefficient (Wildman–Crippen LogP) is 5.09. The standard InChI is InChI=1S/C28H30IN3O4/c1-18(2)25(31-27(33)22-12-10-19(3)11-13-22)28(34)32-30-16-21-14-23(29)26(24(15-21)35-4)36-17-20-8-6-5-7-9-20/h5-16,18,25H,17H2,1-4H3,(H,31,33)(H,32,34). The number of nitrogens with zero attached hydrogens (tertiary/aromatic N) is 1. The van der Waals surface area contributed by atoms with Crippen LogP contribution in [0.5, 0.6) is 11.5 Å². The van der Waals surface area contributed by atoms with Crippen LogP contribution in [0, 0.1) is 16.4 Å². The van der Waals surface area contributed by atoms with Crippen LogP contribution in [0.1, 0.15) is 40.9 Å². The summed E-state index contributed by atoms with van der Waals surface area (Å²) in [4.78, 5) is 25.4. The van der Waals surface area contributed by atoms with Crippen molar-refractivity contribution in [3.05, 3.63) is 92.6 Å². The summed E-state index contributed by atoms with van der Waals surface area (Å²) < 4.78 is 12.4. The van der Waals surface area contributed by atoms with Crippen molar-refractivity contribution >= 4 is 40.6 Å². The number of nitrogens with one attached hydrogen (secondary N) is 2. The van der Waals surface area contributed by atoms with Gasteiger partial charge < -0.3 is 14.8 Å². The van der Waals surface area contributed by atoms with E-state index >= 15 is 0 Å². The quantitative estimate of drug-likeness (QED) is 0.193. The van der Waals surface area contributed by atoms with Gasteiger partial charge in [0.15, 0.2) is 11.5 Å². The van der Waals surface area contributed by atoms with Gasteiger partial charge in [-0.2, -0.15) is 5.10 Å². The number of hydrazone groups is 1. The maximum Gasteiger partial charge on any atom is 0.262 e. The van der Waals surface area contributed by atoms with Crippen LogP contribution < -0.4 is 20.2 Å². The third kappa shape index (κ3) is 7.55. The van der Waals surface area contributed by atoms with Crippen molar-refractivity contribution < 1.29 is 19.1 Å². The topological polar surface area (TPSA) is 89.0 Å². The molecule has 8 heteroatoms. The number of amides is 2. The number of benzene rings is 3. The van der Waals surface area contributed by atoms with E-state index < -0.39 is 11.9 Å². The molecular formula is C28H30IN3O4. The number of ether oxygens (including phenoxy) is 2. The van der Waals surface area contributed by atoms with Gasteiger partial charge in [-0.05, 0) is 70.8 Å². The third-order valence-corrected chi connectivity index (χ3v) is 6.22. The zero-order valence-electron chi connectivity index (χ0n) is 20.7. The molecular weight excluding hydrogens is 569 g/mol. The number of methoxy groups -OCH3 is 1. The summed E-state index contributed by atoms with van der Waals surface area (Å²) in [6.45, 7) is 6.10. The number of hydrogen-bond donors (Lipinski definition) is 2. The maximum atomic E-state index is 12.8. The molecule has 3 aromatic rings. The molecule has 36 heavy (non-hydrogen) atoms. The van der Waals surface area contributed by atoms with Crippen molar-refractivity contribution in [1.29, 1.82) is 0 Å². The first kappa shape index (κ1) is 27.2. The molecule has 2 amide bonds. The molecule has 0 bridgehead atoms. The average Bonchev–Trinajstić information content (AvgIpc) is 2.87. The molecule has 0 aliphatic rings.